The Labute approximate surface area is 121 Å². The first-order valence-corrected chi connectivity index (χ1v) is 8.81. The summed E-state index contributed by atoms with van der Waals surface area (Å²) >= 11 is 0. The molecule has 2 fully saturated rings. The van der Waals surface area contributed by atoms with Crippen LogP contribution in [0.5, 0.6) is 0 Å². The maximum atomic E-state index is 12.7. The molecule has 0 unspecified atom stereocenters. The molecular weight excluding hydrogens is 278 g/mol. The smallest absolute Gasteiger partial charge is 0.282 e. The van der Waals surface area contributed by atoms with Crippen molar-refractivity contribution in [3.8, 4) is 0 Å². The summed E-state index contributed by atoms with van der Waals surface area (Å²) in [7, 11) is -3.36. The third kappa shape index (κ3) is 3.51. The van der Waals surface area contributed by atoms with Crippen molar-refractivity contribution >= 4 is 16.1 Å². The topological polar surface area (TPSA) is 60.9 Å². The molecule has 2 rings (SSSR count). The van der Waals surface area contributed by atoms with Crippen LogP contribution < -0.4 is 0 Å². The molecule has 2 aliphatic heterocycles. The molecule has 2 aliphatic rings. The van der Waals surface area contributed by atoms with E-state index in [1.54, 1.807) is 13.5 Å². The van der Waals surface area contributed by atoms with Crippen LogP contribution in [0.1, 0.15) is 33.1 Å². The molecule has 6 nitrogen and oxygen atoms in total. The molecule has 20 heavy (non-hydrogen) atoms. The van der Waals surface area contributed by atoms with Crippen LogP contribution in [0.2, 0.25) is 0 Å². The van der Waals surface area contributed by atoms with Gasteiger partial charge in [-0.05, 0) is 25.2 Å². The molecule has 0 radical (unpaired) electrons. The maximum Gasteiger partial charge on any atom is 0.282 e. The van der Waals surface area contributed by atoms with Gasteiger partial charge in [0.1, 0.15) is 0 Å². The van der Waals surface area contributed by atoms with Crippen molar-refractivity contribution in [2.45, 2.75) is 33.1 Å². The highest BCUT2D eigenvalue weighted by molar-refractivity contribution is 7.86. The predicted octanol–water partition coefficient (Wildman–Crippen LogP) is 0.517. The van der Waals surface area contributed by atoms with Crippen LogP contribution in [0.3, 0.4) is 0 Å². The van der Waals surface area contributed by atoms with E-state index in [-0.39, 0.29) is 5.91 Å². The van der Waals surface area contributed by atoms with Crippen LogP contribution in [0, 0.1) is 5.92 Å². The Morgan fingerprint density at radius 1 is 1.00 bits per heavy atom. The fourth-order valence-electron chi connectivity index (χ4n) is 2.96. The van der Waals surface area contributed by atoms with Crippen molar-refractivity contribution in [2.24, 2.45) is 5.92 Å². The maximum absolute atomic E-state index is 12.7. The molecule has 7 heteroatoms. The van der Waals surface area contributed by atoms with Crippen LogP contribution >= 0.6 is 0 Å². The summed E-state index contributed by atoms with van der Waals surface area (Å²) in [6.45, 7) is 6.95. The van der Waals surface area contributed by atoms with Gasteiger partial charge in [-0.15, -0.1) is 0 Å². The largest absolute Gasteiger partial charge is 0.342 e. The zero-order chi connectivity index (χ0) is 14.8. The Kier molecular flexibility index (Phi) is 5.04. The minimum atomic E-state index is -3.36. The molecule has 1 atom stereocenters. The Morgan fingerprint density at radius 3 is 2.35 bits per heavy atom. The monoisotopic (exact) mass is 303 g/mol. The van der Waals surface area contributed by atoms with E-state index in [0.717, 1.165) is 12.8 Å². The number of piperidine rings is 1. The first-order valence-electron chi connectivity index (χ1n) is 7.42. The molecule has 0 aromatic carbocycles. The van der Waals surface area contributed by atoms with Gasteiger partial charge in [0.15, 0.2) is 0 Å². The van der Waals surface area contributed by atoms with E-state index >= 15 is 0 Å². The molecule has 0 N–H and O–H groups in total. The summed E-state index contributed by atoms with van der Waals surface area (Å²) in [6.07, 6.45) is 2.75. The minimum Gasteiger partial charge on any atom is -0.342 e. The zero-order valence-electron chi connectivity index (χ0n) is 12.4. The van der Waals surface area contributed by atoms with Crippen molar-refractivity contribution in [2.75, 3.05) is 39.3 Å². The van der Waals surface area contributed by atoms with Crippen LogP contribution in [-0.2, 0) is 15.0 Å². The highest BCUT2D eigenvalue weighted by atomic mass is 32.2. The van der Waals surface area contributed by atoms with Crippen LogP contribution in [0.4, 0.5) is 0 Å². The average Bonchev–Trinajstić information content (AvgIpc) is 2.64. The zero-order valence-corrected chi connectivity index (χ0v) is 13.2. The first kappa shape index (κ1) is 15.7. The summed E-state index contributed by atoms with van der Waals surface area (Å²) in [5.41, 5.74) is 0. The molecule has 116 valence electrons. The van der Waals surface area contributed by atoms with Gasteiger partial charge in [-0.3, -0.25) is 4.79 Å². The van der Waals surface area contributed by atoms with Gasteiger partial charge < -0.3 is 4.90 Å². The SMILES string of the molecule is CC(=O)N1CCCN(S(=O)(=O)N2CCC[C@@H](C)C2)CC1. The third-order valence-corrected chi connectivity index (χ3v) is 6.17. The first-order chi connectivity index (χ1) is 9.41. The molecule has 0 bridgehead atoms. The fraction of sp³-hybridized carbons (Fsp3) is 0.923. The van der Waals surface area contributed by atoms with E-state index in [4.69, 9.17) is 0 Å². The number of nitrogens with zero attached hydrogens (tertiary/aromatic N) is 3. The average molecular weight is 303 g/mol. The Hall–Kier alpha value is -0.660. The molecule has 0 saturated carbocycles. The quantitative estimate of drug-likeness (QED) is 0.747. The van der Waals surface area contributed by atoms with Gasteiger partial charge in [0.25, 0.3) is 10.2 Å². The summed E-state index contributed by atoms with van der Waals surface area (Å²) in [4.78, 5) is 13.1. The van der Waals surface area contributed by atoms with Gasteiger partial charge in [-0.25, -0.2) is 0 Å². The van der Waals surface area contributed by atoms with E-state index in [2.05, 4.69) is 6.92 Å². The van der Waals surface area contributed by atoms with E-state index in [0.29, 0.717) is 51.6 Å². The fourth-order valence-corrected chi connectivity index (χ4v) is 4.76. The van der Waals surface area contributed by atoms with Gasteiger partial charge in [0.05, 0.1) is 0 Å². The summed E-state index contributed by atoms with van der Waals surface area (Å²) in [5.74, 6) is 0.454. The van der Waals surface area contributed by atoms with Crippen molar-refractivity contribution in [3.63, 3.8) is 0 Å². The van der Waals surface area contributed by atoms with Crippen molar-refractivity contribution < 1.29 is 13.2 Å². The lowest BCUT2D eigenvalue weighted by Crippen LogP contribution is -2.48. The Bertz CT molecular complexity index is 452. The molecule has 0 aromatic heterocycles. The van der Waals surface area contributed by atoms with Gasteiger partial charge in [0, 0.05) is 46.2 Å². The van der Waals surface area contributed by atoms with Crippen molar-refractivity contribution in [3.05, 3.63) is 0 Å². The lowest BCUT2D eigenvalue weighted by atomic mass is 10.0. The van der Waals surface area contributed by atoms with Crippen LogP contribution in [-0.4, -0.2) is 67.1 Å². The normalized spacial score (nSPS) is 27.3. The number of hydrogen-bond acceptors (Lipinski definition) is 3. The van der Waals surface area contributed by atoms with E-state index in [1.165, 1.54) is 6.92 Å². The Balaban J connectivity index is 2.04. The Morgan fingerprint density at radius 2 is 1.70 bits per heavy atom. The van der Waals surface area contributed by atoms with Crippen molar-refractivity contribution in [1.82, 2.24) is 13.5 Å². The highest BCUT2D eigenvalue weighted by Crippen LogP contribution is 2.21. The standard InChI is InChI=1S/C13H25N3O3S/c1-12-5-3-7-16(11-12)20(18,19)15-8-4-6-14(9-10-15)13(2)17/h12H,3-11H2,1-2H3/t12-/m1/s1. The second-order valence-electron chi connectivity index (χ2n) is 5.87. The van der Waals surface area contributed by atoms with Gasteiger partial charge in [-0.1, -0.05) is 6.92 Å². The summed E-state index contributed by atoms with van der Waals surface area (Å²) in [5, 5.41) is 0. The molecule has 0 aromatic rings. The van der Waals surface area contributed by atoms with Crippen LogP contribution in [0.15, 0.2) is 0 Å². The predicted molar refractivity (Wildman–Crippen MR) is 77.3 cm³/mol. The van der Waals surface area contributed by atoms with E-state index in [9.17, 15) is 13.2 Å². The summed E-state index contributed by atoms with van der Waals surface area (Å²) in [6, 6.07) is 0. The molecule has 0 aliphatic carbocycles. The molecule has 2 saturated heterocycles. The second kappa shape index (κ2) is 6.41. The number of rotatable bonds is 2. The number of carbonyl (C=O) groups excluding carboxylic acids is 1. The van der Waals surface area contributed by atoms with Gasteiger partial charge >= 0.3 is 0 Å². The van der Waals surface area contributed by atoms with Crippen molar-refractivity contribution in [1.29, 1.82) is 0 Å². The van der Waals surface area contributed by atoms with E-state index in [1.807, 2.05) is 0 Å². The number of amides is 1. The molecule has 2 heterocycles. The lowest BCUT2D eigenvalue weighted by Gasteiger charge is -2.34. The molecular formula is C13H25N3O3S. The molecule has 0 spiro atoms. The third-order valence-electron chi connectivity index (χ3n) is 4.17. The minimum absolute atomic E-state index is 0.0239. The van der Waals surface area contributed by atoms with Gasteiger partial charge in [0.2, 0.25) is 5.91 Å². The number of hydrogen-bond donors (Lipinski definition) is 0. The lowest BCUT2D eigenvalue weighted by molar-refractivity contribution is -0.128. The van der Waals surface area contributed by atoms with E-state index < -0.39 is 10.2 Å². The van der Waals surface area contributed by atoms with Gasteiger partial charge in [-0.2, -0.15) is 17.0 Å². The second-order valence-corrected chi connectivity index (χ2v) is 7.80. The van der Waals surface area contributed by atoms with Crippen LogP contribution in [0.25, 0.3) is 0 Å². The number of carbonyl (C=O) groups is 1. The highest BCUT2D eigenvalue weighted by Gasteiger charge is 2.33. The summed E-state index contributed by atoms with van der Waals surface area (Å²) < 4.78 is 28.5. The molecule has 1 amide bonds.